The van der Waals surface area contributed by atoms with Gasteiger partial charge in [0, 0.05) is 12.5 Å². The van der Waals surface area contributed by atoms with Crippen molar-refractivity contribution >= 4 is 22.4 Å². The molecule has 6 heteroatoms. The molecular formula is C12H14N2O3S. The van der Waals surface area contributed by atoms with Crippen LogP contribution in [0.5, 0.6) is 0 Å². The fourth-order valence-electron chi connectivity index (χ4n) is 1.53. The molecule has 0 spiro atoms. The van der Waals surface area contributed by atoms with Gasteiger partial charge in [-0.1, -0.05) is 11.3 Å². The topological polar surface area (TPSA) is 64.4 Å². The average Bonchev–Trinajstić information content (AvgIpc) is 2.99. The minimum absolute atomic E-state index is 0.174. The van der Waals surface area contributed by atoms with Crippen LogP contribution in [0.15, 0.2) is 29.0 Å². The smallest absolute Gasteiger partial charge is 0.349 e. The van der Waals surface area contributed by atoms with Gasteiger partial charge < -0.3 is 14.5 Å². The van der Waals surface area contributed by atoms with Gasteiger partial charge in [-0.25, -0.2) is 9.78 Å². The van der Waals surface area contributed by atoms with Crippen LogP contribution in [0.4, 0.5) is 5.13 Å². The third-order valence-electron chi connectivity index (χ3n) is 2.35. The Morgan fingerprint density at radius 2 is 2.50 bits per heavy atom. The highest BCUT2D eigenvalue weighted by molar-refractivity contribution is 7.17. The van der Waals surface area contributed by atoms with E-state index in [0.717, 1.165) is 12.2 Å². The van der Waals surface area contributed by atoms with Crippen LogP contribution in [0.25, 0.3) is 0 Å². The van der Waals surface area contributed by atoms with Crippen LogP contribution < -0.4 is 5.32 Å². The lowest BCUT2D eigenvalue weighted by atomic mass is 10.2. The number of hydrogen-bond donors (Lipinski definition) is 1. The number of nitrogens with one attached hydrogen (secondary N) is 1. The van der Waals surface area contributed by atoms with Crippen LogP contribution in [-0.2, 0) is 11.2 Å². The normalized spacial score (nSPS) is 12.1. The number of aromatic nitrogens is 1. The van der Waals surface area contributed by atoms with Crippen LogP contribution in [0.2, 0.25) is 0 Å². The SMILES string of the molecule is COC(=O)c1cnc(NC(C)Cc2ccco2)s1. The summed E-state index contributed by atoms with van der Waals surface area (Å²) in [5.41, 5.74) is 0. The zero-order valence-corrected chi connectivity index (χ0v) is 11.0. The van der Waals surface area contributed by atoms with E-state index in [-0.39, 0.29) is 12.0 Å². The molecule has 2 heterocycles. The van der Waals surface area contributed by atoms with Gasteiger partial charge in [-0.15, -0.1) is 0 Å². The Labute approximate surface area is 109 Å². The molecule has 2 aromatic heterocycles. The van der Waals surface area contributed by atoms with E-state index in [1.165, 1.54) is 24.6 Å². The summed E-state index contributed by atoms with van der Waals surface area (Å²) in [5, 5.41) is 3.92. The van der Waals surface area contributed by atoms with E-state index in [2.05, 4.69) is 15.0 Å². The van der Waals surface area contributed by atoms with Crippen molar-refractivity contribution in [2.45, 2.75) is 19.4 Å². The third kappa shape index (κ3) is 3.10. The number of furan rings is 1. The number of methoxy groups -OCH3 is 1. The molecule has 0 saturated heterocycles. The van der Waals surface area contributed by atoms with E-state index in [1.807, 2.05) is 19.1 Å². The highest BCUT2D eigenvalue weighted by atomic mass is 32.1. The van der Waals surface area contributed by atoms with Gasteiger partial charge >= 0.3 is 5.97 Å². The molecule has 2 rings (SSSR count). The van der Waals surface area contributed by atoms with Crippen LogP contribution >= 0.6 is 11.3 Å². The standard InChI is InChI=1S/C12H14N2O3S/c1-8(6-9-4-3-5-17-9)14-12-13-7-10(18-12)11(15)16-2/h3-5,7-8H,6H2,1-2H3,(H,13,14). The lowest BCUT2D eigenvalue weighted by molar-refractivity contribution is 0.0606. The number of hydrogen-bond acceptors (Lipinski definition) is 6. The molecule has 96 valence electrons. The van der Waals surface area contributed by atoms with E-state index in [4.69, 9.17) is 4.42 Å². The first kappa shape index (κ1) is 12.6. The van der Waals surface area contributed by atoms with Crippen molar-refractivity contribution < 1.29 is 13.9 Å². The number of esters is 1. The van der Waals surface area contributed by atoms with Crippen LogP contribution in [0.3, 0.4) is 0 Å². The zero-order chi connectivity index (χ0) is 13.0. The zero-order valence-electron chi connectivity index (χ0n) is 10.2. The molecule has 1 N–H and O–H groups in total. The Balaban J connectivity index is 1.92. The molecule has 0 radical (unpaired) electrons. The van der Waals surface area contributed by atoms with Crippen molar-refractivity contribution in [2.24, 2.45) is 0 Å². The lowest BCUT2D eigenvalue weighted by Crippen LogP contribution is -2.17. The van der Waals surface area contributed by atoms with Gasteiger partial charge in [-0.3, -0.25) is 0 Å². The van der Waals surface area contributed by atoms with Gasteiger partial charge in [-0.05, 0) is 19.1 Å². The molecule has 1 atom stereocenters. The van der Waals surface area contributed by atoms with Crippen molar-refractivity contribution in [1.29, 1.82) is 0 Å². The number of anilines is 1. The number of carbonyl (C=O) groups excluding carboxylic acids is 1. The number of carbonyl (C=O) groups is 1. The van der Waals surface area contributed by atoms with Crippen molar-refractivity contribution in [2.75, 3.05) is 12.4 Å². The van der Waals surface area contributed by atoms with Gasteiger partial charge in [-0.2, -0.15) is 0 Å². The number of rotatable bonds is 5. The molecule has 0 saturated carbocycles. The number of thiazole rings is 1. The molecule has 0 aliphatic heterocycles. The maximum atomic E-state index is 11.3. The molecule has 0 aliphatic rings. The predicted molar refractivity (Wildman–Crippen MR) is 69.0 cm³/mol. The molecule has 0 amide bonds. The fourth-order valence-corrected chi connectivity index (χ4v) is 2.37. The largest absolute Gasteiger partial charge is 0.469 e. The molecule has 0 fully saturated rings. The summed E-state index contributed by atoms with van der Waals surface area (Å²) >= 11 is 1.28. The minimum atomic E-state index is -0.362. The van der Waals surface area contributed by atoms with Gasteiger partial charge in [0.15, 0.2) is 5.13 Å². The van der Waals surface area contributed by atoms with E-state index in [9.17, 15) is 4.79 Å². The highest BCUT2D eigenvalue weighted by Crippen LogP contribution is 2.20. The summed E-state index contributed by atoms with van der Waals surface area (Å²) in [6.45, 7) is 2.03. The molecule has 5 nitrogen and oxygen atoms in total. The molecule has 18 heavy (non-hydrogen) atoms. The Hall–Kier alpha value is -1.82. The van der Waals surface area contributed by atoms with Crippen molar-refractivity contribution in [3.8, 4) is 0 Å². The lowest BCUT2D eigenvalue weighted by Gasteiger charge is -2.10. The van der Waals surface area contributed by atoms with Crippen LogP contribution in [0.1, 0.15) is 22.4 Å². The average molecular weight is 266 g/mol. The van der Waals surface area contributed by atoms with E-state index in [1.54, 1.807) is 6.26 Å². The minimum Gasteiger partial charge on any atom is -0.469 e. The number of ether oxygens (including phenoxy) is 1. The first-order valence-corrected chi connectivity index (χ1v) is 6.33. The van der Waals surface area contributed by atoms with Crippen molar-refractivity contribution in [3.05, 3.63) is 35.2 Å². The Bertz CT molecular complexity index is 507. The Morgan fingerprint density at radius 3 is 3.17 bits per heavy atom. The first-order valence-electron chi connectivity index (χ1n) is 5.52. The van der Waals surface area contributed by atoms with Gasteiger partial charge in [0.2, 0.25) is 0 Å². The highest BCUT2D eigenvalue weighted by Gasteiger charge is 2.12. The molecule has 2 aromatic rings. The summed E-state index contributed by atoms with van der Waals surface area (Å²) in [6.07, 6.45) is 3.93. The second kappa shape index (κ2) is 5.68. The Morgan fingerprint density at radius 1 is 1.67 bits per heavy atom. The van der Waals surface area contributed by atoms with Crippen molar-refractivity contribution in [1.82, 2.24) is 4.98 Å². The summed E-state index contributed by atoms with van der Waals surface area (Å²) < 4.78 is 9.90. The summed E-state index contributed by atoms with van der Waals surface area (Å²) in [4.78, 5) is 15.9. The fraction of sp³-hybridized carbons (Fsp3) is 0.333. The van der Waals surface area contributed by atoms with Gasteiger partial charge in [0.05, 0.1) is 19.6 Å². The third-order valence-corrected chi connectivity index (χ3v) is 3.26. The van der Waals surface area contributed by atoms with Gasteiger partial charge in [0.25, 0.3) is 0 Å². The van der Waals surface area contributed by atoms with E-state index < -0.39 is 0 Å². The second-order valence-electron chi connectivity index (χ2n) is 3.85. The van der Waals surface area contributed by atoms with E-state index in [0.29, 0.717) is 10.0 Å². The Kier molecular flexibility index (Phi) is 3.99. The predicted octanol–water partition coefficient (Wildman–Crippen LogP) is 2.57. The second-order valence-corrected chi connectivity index (χ2v) is 4.88. The monoisotopic (exact) mass is 266 g/mol. The molecular weight excluding hydrogens is 252 g/mol. The molecule has 0 aromatic carbocycles. The van der Waals surface area contributed by atoms with Crippen molar-refractivity contribution in [3.63, 3.8) is 0 Å². The van der Waals surface area contributed by atoms with Crippen LogP contribution in [0, 0.1) is 0 Å². The maximum absolute atomic E-state index is 11.3. The van der Waals surface area contributed by atoms with Crippen LogP contribution in [-0.4, -0.2) is 24.1 Å². The molecule has 0 aliphatic carbocycles. The quantitative estimate of drug-likeness (QED) is 0.843. The first-order chi connectivity index (χ1) is 8.69. The van der Waals surface area contributed by atoms with E-state index >= 15 is 0 Å². The summed E-state index contributed by atoms with van der Waals surface area (Å²) in [7, 11) is 1.36. The molecule has 0 bridgehead atoms. The summed E-state index contributed by atoms with van der Waals surface area (Å²) in [5.74, 6) is 0.555. The maximum Gasteiger partial charge on any atom is 0.349 e. The summed E-state index contributed by atoms with van der Waals surface area (Å²) in [6, 6.07) is 3.97. The molecule has 1 unspecified atom stereocenters. The number of nitrogens with zero attached hydrogens (tertiary/aromatic N) is 1. The van der Waals surface area contributed by atoms with Gasteiger partial charge in [0.1, 0.15) is 10.6 Å².